The van der Waals surface area contributed by atoms with Gasteiger partial charge in [0.1, 0.15) is 12.3 Å². The summed E-state index contributed by atoms with van der Waals surface area (Å²) in [5.74, 6) is 0.000103. The van der Waals surface area contributed by atoms with Gasteiger partial charge in [-0.1, -0.05) is 51.1 Å². The van der Waals surface area contributed by atoms with Crippen LogP contribution in [0, 0.1) is 5.41 Å². The second kappa shape index (κ2) is 9.15. The molecule has 7 nitrogen and oxygen atoms in total. The molecule has 160 valence electrons. The van der Waals surface area contributed by atoms with E-state index in [4.69, 9.17) is 4.74 Å². The van der Waals surface area contributed by atoms with Crippen LogP contribution in [0.1, 0.15) is 43.2 Å². The van der Waals surface area contributed by atoms with Gasteiger partial charge in [-0.05, 0) is 11.0 Å². The van der Waals surface area contributed by atoms with E-state index in [0.717, 1.165) is 5.56 Å². The number of fused-ring (bicyclic) bond motifs is 1. The lowest BCUT2D eigenvalue weighted by Crippen LogP contribution is -2.45. The number of amides is 2. The molecule has 1 aliphatic heterocycles. The SMILES string of the molecule is CC(C)(C)CC(=O)NCCN1CCn2cc(OCc3ccccc3)c(=O)cc2C1=O. The molecule has 1 N–H and O–H groups in total. The molecule has 3 rings (SSSR count). The number of nitrogens with zero attached hydrogens (tertiary/aromatic N) is 2. The van der Waals surface area contributed by atoms with Gasteiger partial charge in [-0.25, -0.2) is 0 Å². The van der Waals surface area contributed by atoms with Crippen molar-refractivity contribution in [3.8, 4) is 5.75 Å². The van der Waals surface area contributed by atoms with Crippen LogP contribution in [0.5, 0.6) is 5.75 Å². The first-order chi connectivity index (χ1) is 14.2. The average Bonchev–Trinajstić information content (AvgIpc) is 2.68. The third kappa shape index (κ3) is 5.72. The highest BCUT2D eigenvalue weighted by molar-refractivity contribution is 5.93. The van der Waals surface area contributed by atoms with Gasteiger partial charge in [0.05, 0.1) is 6.20 Å². The third-order valence-corrected chi connectivity index (χ3v) is 4.84. The second-order valence-corrected chi connectivity index (χ2v) is 8.73. The summed E-state index contributed by atoms with van der Waals surface area (Å²) in [4.78, 5) is 38.8. The van der Waals surface area contributed by atoms with Gasteiger partial charge in [-0.15, -0.1) is 0 Å². The van der Waals surface area contributed by atoms with E-state index in [9.17, 15) is 14.4 Å². The van der Waals surface area contributed by atoms with Gasteiger partial charge in [0.25, 0.3) is 5.91 Å². The van der Waals surface area contributed by atoms with Crippen LogP contribution in [0.4, 0.5) is 0 Å². The predicted octanol–water partition coefficient (Wildman–Crippen LogP) is 2.44. The minimum Gasteiger partial charge on any atom is -0.483 e. The summed E-state index contributed by atoms with van der Waals surface area (Å²) >= 11 is 0. The van der Waals surface area contributed by atoms with Crippen molar-refractivity contribution in [2.24, 2.45) is 5.41 Å². The van der Waals surface area contributed by atoms with Crippen molar-refractivity contribution < 1.29 is 14.3 Å². The van der Waals surface area contributed by atoms with E-state index in [1.807, 2.05) is 51.1 Å². The minimum atomic E-state index is -0.314. The van der Waals surface area contributed by atoms with E-state index >= 15 is 0 Å². The zero-order chi connectivity index (χ0) is 21.7. The Hall–Kier alpha value is -3.09. The van der Waals surface area contributed by atoms with Crippen LogP contribution in [0.15, 0.2) is 47.4 Å². The minimum absolute atomic E-state index is 0.0243. The van der Waals surface area contributed by atoms with Crippen LogP contribution < -0.4 is 15.5 Å². The van der Waals surface area contributed by atoms with Gasteiger partial charge in [0.15, 0.2) is 5.75 Å². The van der Waals surface area contributed by atoms with Crippen LogP contribution in [0.25, 0.3) is 0 Å². The molecule has 1 aromatic heterocycles. The van der Waals surface area contributed by atoms with Crippen LogP contribution in [-0.2, 0) is 17.9 Å². The molecular formula is C23H29N3O4. The predicted molar refractivity (Wildman–Crippen MR) is 114 cm³/mol. The first-order valence-corrected chi connectivity index (χ1v) is 10.2. The molecule has 7 heteroatoms. The Morgan fingerprint density at radius 1 is 1.13 bits per heavy atom. The van der Waals surface area contributed by atoms with Gasteiger partial charge < -0.3 is 19.5 Å². The number of carbonyl (C=O) groups excluding carboxylic acids is 2. The highest BCUT2D eigenvalue weighted by Gasteiger charge is 2.25. The molecule has 2 aromatic rings. The lowest BCUT2D eigenvalue weighted by atomic mass is 9.92. The van der Waals surface area contributed by atoms with E-state index in [1.54, 1.807) is 15.7 Å². The highest BCUT2D eigenvalue weighted by atomic mass is 16.5. The number of rotatable bonds is 7. The maximum absolute atomic E-state index is 12.8. The Kier molecular flexibility index (Phi) is 6.59. The average molecular weight is 412 g/mol. The maximum Gasteiger partial charge on any atom is 0.270 e. The summed E-state index contributed by atoms with van der Waals surface area (Å²) in [6, 6.07) is 10.9. The number of hydrogen-bond acceptors (Lipinski definition) is 4. The molecule has 0 bridgehead atoms. The fourth-order valence-corrected chi connectivity index (χ4v) is 3.35. The van der Waals surface area contributed by atoms with E-state index in [-0.39, 0.29) is 28.4 Å². The fourth-order valence-electron chi connectivity index (χ4n) is 3.35. The second-order valence-electron chi connectivity index (χ2n) is 8.73. The standard InChI is InChI=1S/C23H29N3O4/c1-23(2,3)14-21(28)24-9-10-25-11-12-26-15-20(19(27)13-18(26)22(25)29)30-16-17-7-5-4-6-8-17/h4-8,13,15H,9-12,14,16H2,1-3H3,(H,24,28). The topological polar surface area (TPSA) is 80.6 Å². The number of benzene rings is 1. The van der Waals surface area contributed by atoms with Crippen LogP contribution in [-0.4, -0.2) is 40.9 Å². The molecule has 2 amide bonds. The van der Waals surface area contributed by atoms with Crippen LogP contribution in [0.2, 0.25) is 0 Å². The van der Waals surface area contributed by atoms with E-state index < -0.39 is 0 Å². The number of hydrogen-bond donors (Lipinski definition) is 1. The van der Waals surface area contributed by atoms with Crippen molar-refractivity contribution in [2.45, 2.75) is 40.3 Å². The third-order valence-electron chi connectivity index (χ3n) is 4.84. The van der Waals surface area contributed by atoms with Crippen molar-refractivity contribution in [1.82, 2.24) is 14.8 Å². The molecule has 1 aliphatic rings. The summed E-state index contributed by atoms with van der Waals surface area (Å²) in [5, 5.41) is 2.86. The summed E-state index contributed by atoms with van der Waals surface area (Å²) in [6.45, 7) is 8.21. The van der Waals surface area contributed by atoms with Gasteiger partial charge in [0.2, 0.25) is 11.3 Å². The quantitative estimate of drug-likeness (QED) is 0.759. The summed E-state index contributed by atoms with van der Waals surface area (Å²) < 4.78 is 7.44. The molecule has 0 atom stereocenters. The molecule has 2 heterocycles. The molecule has 30 heavy (non-hydrogen) atoms. The molecule has 0 saturated heterocycles. The van der Waals surface area contributed by atoms with Gasteiger partial charge in [-0.3, -0.25) is 14.4 Å². The van der Waals surface area contributed by atoms with Crippen molar-refractivity contribution in [1.29, 1.82) is 0 Å². The Morgan fingerprint density at radius 3 is 2.57 bits per heavy atom. The molecule has 0 spiro atoms. The monoisotopic (exact) mass is 411 g/mol. The van der Waals surface area contributed by atoms with E-state index in [0.29, 0.717) is 44.9 Å². The normalized spacial score (nSPS) is 13.7. The Labute approximate surface area is 176 Å². The summed E-state index contributed by atoms with van der Waals surface area (Å²) in [7, 11) is 0. The summed E-state index contributed by atoms with van der Waals surface area (Å²) in [6.07, 6.45) is 2.05. The Morgan fingerprint density at radius 2 is 1.87 bits per heavy atom. The van der Waals surface area contributed by atoms with Gasteiger partial charge in [0, 0.05) is 38.7 Å². The molecule has 0 fully saturated rings. The molecule has 1 aromatic carbocycles. The van der Waals surface area contributed by atoms with Crippen molar-refractivity contribution >= 4 is 11.8 Å². The van der Waals surface area contributed by atoms with Crippen LogP contribution >= 0.6 is 0 Å². The molecule has 0 radical (unpaired) electrons. The van der Waals surface area contributed by atoms with E-state index in [2.05, 4.69) is 5.32 Å². The molecule has 0 aliphatic carbocycles. The van der Waals surface area contributed by atoms with Gasteiger partial charge in [-0.2, -0.15) is 0 Å². The summed E-state index contributed by atoms with van der Waals surface area (Å²) in [5.41, 5.74) is 0.923. The highest BCUT2D eigenvalue weighted by Crippen LogP contribution is 2.18. The number of ether oxygens (including phenoxy) is 1. The number of nitrogens with one attached hydrogen (secondary N) is 1. The van der Waals surface area contributed by atoms with E-state index in [1.165, 1.54) is 6.07 Å². The number of carbonyl (C=O) groups is 2. The zero-order valence-electron chi connectivity index (χ0n) is 17.8. The lowest BCUT2D eigenvalue weighted by Gasteiger charge is -2.30. The van der Waals surface area contributed by atoms with Crippen molar-refractivity contribution in [3.05, 3.63) is 64.1 Å². The first-order valence-electron chi connectivity index (χ1n) is 10.2. The van der Waals surface area contributed by atoms with Crippen molar-refractivity contribution in [2.75, 3.05) is 19.6 Å². The molecule has 0 unspecified atom stereocenters. The Bertz CT molecular complexity index is 961. The van der Waals surface area contributed by atoms with Crippen LogP contribution in [0.3, 0.4) is 0 Å². The number of aromatic nitrogens is 1. The van der Waals surface area contributed by atoms with Crippen molar-refractivity contribution in [3.63, 3.8) is 0 Å². The molecular weight excluding hydrogens is 382 g/mol. The smallest absolute Gasteiger partial charge is 0.270 e. The number of pyridine rings is 1. The largest absolute Gasteiger partial charge is 0.483 e. The molecule has 0 saturated carbocycles. The Balaban J connectivity index is 1.59. The fraction of sp³-hybridized carbons (Fsp3) is 0.435. The first kappa shape index (κ1) is 21.6. The van der Waals surface area contributed by atoms with Gasteiger partial charge >= 0.3 is 0 Å². The lowest BCUT2D eigenvalue weighted by molar-refractivity contribution is -0.122. The maximum atomic E-state index is 12.8. The zero-order valence-corrected chi connectivity index (χ0v) is 17.8.